The maximum Gasteiger partial charge on any atom is 0.170 e. The number of piperidine rings is 1. The standard InChI is InChI=1S/C10H18BrNO2/c1-13-10(14-2)3-4-12-7-8(11)5-9(12)6-10/h8-9H,3-7H2,1-2H3/t8-,9-/m0/s1. The van der Waals surface area contributed by atoms with Gasteiger partial charge in [0.1, 0.15) is 0 Å². The summed E-state index contributed by atoms with van der Waals surface area (Å²) in [5.74, 6) is -0.321. The number of hydrogen-bond acceptors (Lipinski definition) is 3. The van der Waals surface area contributed by atoms with Gasteiger partial charge in [-0.25, -0.2) is 0 Å². The van der Waals surface area contributed by atoms with Crippen molar-refractivity contribution in [3.8, 4) is 0 Å². The first-order valence-electron chi connectivity index (χ1n) is 5.17. The quantitative estimate of drug-likeness (QED) is 0.558. The van der Waals surface area contributed by atoms with E-state index in [1.165, 1.54) is 13.0 Å². The minimum atomic E-state index is -0.321. The van der Waals surface area contributed by atoms with Crippen LogP contribution in [-0.4, -0.2) is 48.9 Å². The van der Waals surface area contributed by atoms with Crippen LogP contribution in [0.2, 0.25) is 0 Å². The van der Waals surface area contributed by atoms with Gasteiger partial charge in [-0.15, -0.1) is 0 Å². The summed E-state index contributed by atoms with van der Waals surface area (Å²) in [4.78, 5) is 3.19. The largest absolute Gasteiger partial charge is 0.353 e. The normalized spacial score (nSPS) is 37.1. The first-order valence-corrected chi connectivity index (χ1v) is 6.09. The number of hydrogen-bond donors (Lipinski definition) is 0. The van der Waals surface area contributed by atoms with E-state index in [0.717, 1.165) is 19.4 Å². The Morgan fingerprint density at radius 1 is 1.36 bits per heavy atom. The highest BCUT2D eigenvalue weighted by molar-refractivity contribution is 9.09. The molecule has 0 saturated carbocycles. The lowest BCUT2D eigenvalue weighted by Crippen LogP contribution is -2.49. The third-order valence-corrected chi connectivity index (χ3v) is 4.21. The number of nitrogens with zero attached hydrogens (tertiary/aromatic N) is 1. The highest BCUT2D eigenvalue weighted by Crippen LogP contribution is 2.37. The lowest BCUT2D eigenvalue weighted by Gasteiger charge is -2.41. The molecular formula is C10H18BrNO2. The highest BCUT2D eigenvalue weighted by atomic mass is 79.9. The third kappa shape index (κ3) is 1.85. The fourth-order valence-corrected chi connectivity index (χ4v) is 3.44. The van der Waals surface area contributed by atoms with Gasteiger partial charge in [0, 0.05) is 51.0 Å². The molecule has 2 fully saturated rings. The highest BCUT2D eigenvalue weighted by Gasteiger charge is 2.43. The lowest BCUT2D eigenvalue weighted by molar-refractivity contribution is -0.235. The number of halogens is 1. The van der Waals surface area contributed by atoms with E-state index in [0.29, 0.717) is 10.9 Å². The summed E-state index contributed by atoms with van der Waals surface area (Å²) >= 11 is 3.69. The second kappa shape index (κ2) is 4.08. The van der Waals surface area contributed by atoms with E-state index in [9.17, 15) is 0 Å². The number of methoxy groups -OCH3 is 2. The zero-order chi connectivity index (χ0) is 10.2. The maximum absolute atomic E-state index is 5.51. The van der Waals surface area contributed by atoms with Crippen LogP contribution in [0.3, 0.4) is 0 Å². The van der Waals surface area contributed by atoms with Crippen LogP contribution in [0.5, 0.6) is 0 Å². The Bertz CT molecular complexity index is 208. The average Bonchev–Trinajstić information content (AvgIpc) is 2.56. The van der Waals surface area contributed by atoms with Crippen molar-refractivity contribution in [1.82, 2.24) is 4.90 Å². The summed E-state index contributed by atoms with van der Waals surface area (Å²) in [5, 5.41) is 0. The van der Waals surface area contributed by atoms with Crippen molar-refractivity contribution in [2.45, 2.75) is 35.9 Å². The molecule has 2 rings (SSSR count). The van der Waals surface area contributed by atoms with Crippen LogP contribution in [0, 0.1) is 0 Å². The van der Waals surface area contributed by atoms with Crippen LogP contribution in [0.15, 0.2) is 0 Å². The number of rotatable bonds is 2. The predicted molar refractivity (Wildman–Crippen MR) is 58.7 cm³/mol. The second-order valence-electron chi connectivity index (χ2n) is 4.25. The molecule has 0 aliphatic carbocycles. The van der Waals surface area contributed by atoms with Gasteiger partial charge in [-0.05, 0) is 6.42 Å². The van der Waals surface area contributed by atoms with Crippen LogP contribution >= 0.6 is 15.9 Å². The molecule has 0 radical (unpaired) electrons. The van der Waals surface area contributed by atoms with Gasteiger partial charge in [-0.2, -0.15) is 0 Å². The number of fused-ring (bicyclic) bond motifs is 1. The Morgan fingerprint density at radius 3 is 2.71 bits per heavy atom. The van der Waals surface area contributed by atoms with Crippen LogP contribution in [-0.2, 0) is 9.47 Å². The summed E-state index contributed by atoms with van der Waals surface area (Å²) in [6.07, 6.45) is 3.20. The predicted octanol–water partition coefficient (Wildman–Crippen LogP) is 1.61. The molecule has 0 aromatic heterocycles. The Kier molecular flexibility index (Phi) is 3.17. The van der Waals surface area contributed by atoms with Crippen LogP contribution in [0.25, 0.3) is 0 Å². The van der Waals surface area contributed by atoms with E-state index in [2.05, 4.69) is 20.8 Å². The molecular weight excluding hydrogens is 246 g/mol. The van der Waals surface area contributed by atoms with Gasteiger partial charge < -0.3 is 9.47 Å². The fraction of sp³-hybridized carbons (Fsp3) is 1.00. The number of alkyl halides is 1. The van der Waals surface area contributed by atoms with E-state index in [1.807, 2.05) is 0 Å². The summed E-state index contributed by atoms with van der Waals surface area (Å²) in [5.41, 5.74) is 0. The summed E-state index contributed by atoms with van der Waals surface area (Å²) < 4.78 is 11.0. The molecule has 0 spiro atoms. The van der Waals surface area contributed by atoms with Crippen molar-refractivity contribution in [1.29, 1.82) is 0 Å². The molecule has 0 unspecified atom stereocenters. The molecule has 2 saturated heterocycles. The fourth-order valence-electron chi connectivity index (χ4n) is 2.64. The van der Waals surface area contributed by atoms with E-state index in [4.69, 9.17) is 9.47 Å². The van der Waals surface area contributed by atoms with Crippen molar-refractivity contribution in [2.75, 3.05) is 27.3 Å². The molecule has 0 N–H and O–H groups in total. The Labute approximate surface area is 93.9 Å². The van der Waals surface area contributed by atoms with Gasteiger partial charge in [-0.3, -0.25) is 4.90 Å². The Hall–Kier alpha value is 0.360. The zero-order valence-electron chi connectivity index (χ0n) is 8.83. The van der Waals surface area contributed by atoms with E-state index in [-0.39, 0.29) is 5.79 Å². The molecule has 14 heavy (non-hydrogen) atoms. The van der Waals surface area contributed by atoms with Crippen molar-refractivity contribution in [3.63, 3.8) is 0 Å². The molecule has 0 amide bonds. The SMILES string of the molecule is COC1(OC)CCN2C[C@@H](Br)C[C@H]2C1. The number of ether oxygens (including phenoxy) is 2. The molecule has 2 heterocycles. The average molecular weight is 264 g/mol. The summed E-state index contributed by atoms with van der Waals surface area (Å²) in [6.45, 7) is 2.27. The van der Waals surface area contributed by atoms with E-state index < -0.39 is 0 Å². The Balaban J connectivity index is 2.03. The van der Waals surface area contributed by atoms with Crippen molar-refractivity contribution in [3.05, 3.63) is 0 Å². The van der Waals surface area contributed by atoms with E-state index in [1.54, 1.807) is 14.2 Å². The van der Waals surface area contributed by atoms with Crippen LogP contribution in [0.4, 0.5) is 0 Å². The third-order valence-electron chi connectivity index (χ3n) is 3.55. The molecule has 2 aliphatic heterocycles. The topological polar surface area (TPSA) is 21.7 Å². The van der Waals surface area contributed by atoms with Crippen molar-refractivity contribution in [2.24, 2.45) is 0 Å². The summed E-state index contributed by atoms with van der Waals surface area (Å²) in [7, 11) is 3.50. The minimum Gasteiger partial charge on any atom is -0.353 e. The van der Waals surface area contributed by atoms with Gasteiger partial charge >= 0.3 is 0 Å². The smallest absolute Gasteiger partial charge is 0.170 e. The van der Waals surface area contributed by atoms with Crippen LogP contribution < -0.4 is 0 Å². The summed E-state index contributed by atoms with van der Waals surface area (Å²) in [6, 6.07) is 0.632. The minimum absolute atomic E-state index is 0.321. The van der Waals surface area contributed by atoms with Gasteiger partial charge in [-0.1, -0.05) is 15.9 Å². The zero-order valence-corrected chi connectivity index (χ0v) is 10.4. The molecule has 3 nitrogen and oxygen atoms in total. The molecule has 0 aromatic rings. The molecule has 2 aliphatic rings. The van der Waals surface area contributed by atoms with Crippen molar-refractivity contribution >= 4 is 15.9 Å². The van der Waals surface area contributed by atoms with Gasteiger partial charge in [0.25, 0.3) is 0 Å². The molecule has 82 valence electrons. The first kappa shape index (κ1) is 10.9. The van der Waals surface area contributed by atoms with Gasteiger partial charge in [0.15, 0.2) is 5.79 Å². The lowest BCUT2D eigenvalue weighted by atomic mass is 9.96. The molecule has 2 atom stereocenters. The maximum atomic E-state index is 5.51. The van der Waals surface area contributed by atoms with E-state index >= 15 is 0 Å². The van der Waals surface area contributed by atoms with Gasteiger partial charge in [0.2, 0.25) is 0 Å². The molecule has 0 bridgehead atoms. The van der Waals surface area contributed by atoms with Crippen molar-refractivity contribution < 1.29 is 9.47 Å². The Morgan fingerprint density at radius 2 is 2.07 bits per heavy atom. The first-order chi connectivity index (χ1) is 6.69. The monoisotopic (exact) mass is 263 g/mol. The molecule has 0 aromatic carbocycles. The molecule has 4 heteroatoms. The van der Waals surface area contributed by atoms with Gasteiger partial charge in [0.05, 0.1) is 0 Å². The second-order valence-corrected chi connectivity index (χ2v) is 5.55. The van der Waals surface area contributed by atoms with Crippen LogP contribution in [0.1, 0.15) is 19.3 Å².